The molecular weight excluding hydrogens is 234 g/mol. The molecule has 0 radical (unpaired) electrons. The van der Waals surface area contributed by atoms with E-state index in [0.717, 1.165) is 42.9 Å². The van der Waals surface area contributed by atoms with Crippen molar-refractivity contribution in [1.82, 2.24) is 4.98 Å². The predicted molar refractivity (Wildman–Crippen MR) is 74.5 cm³/mol. The minimum atomic E-state index is 0.384. The molecule has 0 aromatic carbocycles. The highest BCUT2D eigenvalue weighted by Gasteiger charge is 2.08. The summed E-state index contributed by atoms with van der Waals surface area (Å²) in [4.78, 5) is 4.65. The average molecular weight is 253 g/mol. The fourth-order valence-corrected chi connectivity index (χ4v) is 1.84. The second-order valence-corrected chi connectivity index (χ2v) is 4.28. The smallest absolute Gasteiger partial charge is 0.136 e. The first-order valence-corrected chi connectivity index (χ1v) is 6.06. The number of rotatable bonds is 7. The van der Waals surface area contributed by atoms with Crippen LogP contribution in [-0.2, 0) is 4.74 Å². The predicted octanol–water partition coefficient (Wildman–Crippen LogP) is 1.86. The van der Waals surface area contributed by atoms with Crippen LogP contribution in [0, 0.1) is 6.92 Å². The zero-order chi connectivity index (χ0) is 12.7. The third kappa shape index (κ3) is 4.28. The lowest BCUT2D eigenvalue weighted by Gasteiger charge is -2.12. The molecule has 1 heterocycles. The van der Waals surface area contributed by atoms with Crippen LogP contribution in [0.1, 0.15) is 24.0 Å². The Morgan fingerprint density at radius 1 is 1.53 bits per heavy atom. The number of hydrogen-bond donors (Lipinski definition) is 2. The number of hydrogen-bond acceptors (Lipinski definition) is 4. The monoisotopic (exact) mass is 253 g/mol. The van der Waals surface area contributed by atoms with Gasteiger partial charge in [-0.1, -0.05) is 12.2 Å². The van der Waals surface area contributed by atoms with E-state index in [-0.39, 0.29) is 0 Å². The van der Waals surface area contributed by atoms with Crippen molar-refractivity contribution < 1.29 is 4.74 Å². The third-order valence-corrected chi connectivity index (χ3v) is 2.68. The minimum Gasteiger partial charge on any atom is -0.389 e. The lowest BCUT2D eigenvalue weighted by Crippen LogP contribution is -2.16. The van der Waals surface area contributed by atoms with Gasteiger partial charge in [-0.3, -0.25) is 0 Å². The van der Waals surface area contributed by atoms with Gasteiger partial charge in [0.2, 0.25) is 0 Å². The van der Waals surface area contributed by atoms with E-state index in [4.69, 9.17) is 22.7 Å². The second-order valence-electron chi connectivity index (χ2n) is 3.84. The normalized spacial score (nSPS) is 10.2. The molecule has 0 fully saturated rings. The molecule has 3 N–H and O–H groups in total. The van der Waals surface area contributed by atoms with Crippen molar-refractivity contribution in [2.45, 2.75) is 19.8 Å². The molecule has 1 aromatic rings. The van der Waals surface area contributed by atoms with E-state index in [9.17, 15) is 0 Å². The summed E-state index contributed by atoms with van der Waals surface area (Å²) < 4.78 is 4.99. The Labute approximate surface area is 108 Å². The molecule has 0 bridgehead atoms. The number of thiocarbonyl (C=S) groups is 1. The molecule has 0 aliphatic carbocycles. The van der Waals surface area contributed by atoms with Crippen LogP contribution in [0.2, 0.25) is 0 Å². The maximum Gasteiger partial charge on any atom is 0.136 e. The van der Waals surface area contributed by atoms with Crippen LogP contribution in [0.4, 0.5) is 5.82 Å². The Kier molecular flexibility index (Phi) is 5.86. The summed E-state index contributed by atoms with van der Waals surface area (Å²) >= 11 is 5.04. The van der Waals surface area contributed by atoms with Gasteiger partial charge in [0.15, 0.2) is 0 Å². The molecule has 1 rings (SSSR count). The van der Waals surface area contributed by atoms with Crippen LogP contribution in [0.15, 0.2) is 12.3 Å². The Hall–Kier alpha value is -1.20. The van der Waals surface area contributed by atoms with Crippen LogP contribution in [0.3, 0.4) is 0 Å². The molecule has 5 heteroatoms. The Bertz CT molecular complexity index is 382. The van der Waals surface area contributed by atoms with Gasteiger partial charge in [0.1, 0.15) is 10.8 Å². The van der Waals surface area contributed by atoms with Crippen molar-refractivity contribution in [1.29, 1.82) is 0 Å². The van der Waals surface area contributed by atoms with Gasteiger partial charge >= 0.3 is 0 Å². The van der Waals surface area contributed by atoms with E-state index < -0.39 is 0 Å². The number of pyridine rings is 1. The molecule has 1 aromatic heterocycles. The first-order chi connectivity index (χ1) is 8.16. The summed E-state index contributed by atoms with van der Waals surface area (Å²) in [5.41, 5.74) is 7.59. The molecule has 94 valence electrons. The number of ether oxygens (including phenoxy) is 1. The van der Waals surface area contributed by atoms with Crippen LogP contribution in [0.25, 0.3) is 0 Å². The van der Waals surface area contributed by atoms with Crippen molar-refractivity contribution in [2.75, 3.05) is 25.6 Å². The van der Waals surface area contributed by atoms with Gasteiger partial charge in [-0.2, -0.15) is 0 Å². The molecular formula is C12H19N3OS. The van der Waals surface area contributed by atoms with E-state index in [1.807, 2.05) is 13.0 Å². The highest BCUT2D eigenvalue weighted by atomic mass is 32.1. The van der Waals surface area contributed by atoms with Crippen molar-refractivity contribution in [2.24, 2.45) is 5.73 Å². The van der Waals surface area contributed by atoms with E-state index in [1.165, 1.54) is 0 Å². The number of nitrogens with one attached hydrogen (secondary N) is 1. The van der Waals surface area contributed by atoms with E-state index in [1.54, 1.807) is 13.3 Å². The summed E-state index contributed by atoms with van der Waals surface area (Å²) in [5, 5.41) is 3.26. The van der Waals surface area contributed by atoms with E-state index >= 15 is 0 Å². The summed E-state index contributed by atoms with van der Waals surface area (Å²) in [6.07, 6.45) is 3.81. The first kappa shape index (κ1) is 13.9. The highest BCUT2D eigenvalue weighted by Crippen LogP contribution is 2.16. The summed E-state index contributed by atoms with van der Waals surface area (Å²) in [6, 6.07) is 1.91. The maximum atomic E-state index is 5.70. The number of unbranched alkanes of at least 4 members (excludes halogenated alkanes) is 1. The molecule has 0 atom stereocenters. The van der Waals surface area contributed by atoms with Crippen LogP contribution in [-0.4, -0.2) is 30.2 Å². The van der Waals surface area contributed by atoms with Crippen molar-refractivity contribution >= 4 is 23.0 Å². The van der Waals surface area contributed by atoms with E-state index in [0.29, 0.717) is 4.99 Å². The zero-order valence-corrected chi connectivity index (χ0v) is 11.1. The van der Waals surface area contributed by atoms with Crippen LogP contribution < -0.4 is 11.1 Å². The maximum absolute atomic E-state index is 5.70. The lowest BCUT2D eigenvalue weighted by molar-refractivity contribution is 0.194. The third-order valence-electron chi connectivity index (χ3n) is 2.47. The van der Waals surface area contributed by atoms with Crippen molar-refractivity contribution in [3.63, 3.8) is 0 Å². The fraction of sp³-hybridized carbons (Fsp3) is 0.500. The Balaban J connectivity index is 2.58. The van der Waals surface area contributed by atoms with E-state index in [2.05, 4.69) is 10.3 Å². The second kappa shape index (κ2) is 7.19. The average Bonchev–Trinajstić information content (AvgIpc) is 2.28. The molecule has 0 aliphatic rings. The van der Waals surface area contributed by atoms with Gasteiger partial charge < -0.3 is 15.8 Å². The SMILES string of the molecule is COCCCCNc1nccc(C)c1C(N)=S. The molecule has 0 amide bonds. The zero-order valence-electron chi connectivity index (χ0n) is 10.3. The molecule has 4 nitrogen and oxygen atoms in total. The van der Waals surface area contributed by atoms with Gasteiger partial charge in [0, 0.05) is 26.5 Å². The van der Waals surface area contributed by atoms with Gasteiger partial charge in [-0.25, -0.2) is 4.98 Å². The van der Waals surface area contributed by atoms with Gasteiger partial charge in [0.05, 0.1) is 5.56 Å². The highest BCUT2D eigenvalue weighted by molar-refractivity contribution is 7.80. The summed E-state index contributed by atoms with van der Waals surface area (Å²) in [5.74, 6) is 0.773. The lowest BCUT2D eigenvalue weighted by atomic mass is 10.1. The molecule has 17 heavy (non-hydrogen) atoms. The van der Waals surface area contributed by atoms with Gasteiger partial charge in [0.25, 0.3) is 0 Å². The van der Waals surface area contributed by atoms with Crippen LogP contribution in [0.5, 0.6) is 0 Å². The molecule has 0 aliphatic heterocycles. The summed E-state index contributed by atoms with van der Waals surface area (Å²) in [6.45, 7) is 3.60. The standard InChI is InChI=1S/C12H19N3OS/c1-9-5-7-15-12(10(9)11(13)17)14-6-3-4-8-16-2/h5,7H,3-4,6,8H2,1-2H3,(H2,13,17)(H,14,15). The van der Waals surface area contributed by atoms with Crippen molar-refractivity contribution in [3.8, 4) is 0 Å². The molecule has 0 unspecified atom stereocenters. The van der Waals surface area contributed by atoms with Crippen LogP contribution >= 0.6 is 12.2 Å². The minimum absolute atomic E-state index is 0.384. The number of nitrogens with zero attached hydrogens (tertiary/aromatic N) is 1. The van der Waals surface area contributed by atoms with Crippen molar-refractivity contribution in [3.05, 3.63) is 23.4 Å². The molecule has 0 spiro atoms. The van der Waals surface area contributed by atoms with Gasteiger partial charge in [-0.05, 0) is 31.4 Å². The quantitative estimate of drug-likeness (QED) is 0.574. The first-order valence-electron chi connectivity index (χ1n) is 5.65. The van der Waals surface area contributed by atoms with Gasteiger partial charge in [-0.15, -0.1) is 0 Å². The Morgan fingerprint density at radius 2 is 2.29 bits per heavy atom. The number of nitrogens with two attached hydrogens (primary N) is 1. The molecule has 0 saturated heterocycles. The fourth-order valence-electron chi connectivity index (χ4n) is 1.58. The topological polar surface area (TPSA) is 60.2 Å². The molecule has 0 saturated carbocycles. The number of aryl methyl sites for hydroxylation is 1. The number of aromatic nitrogens is 1. The number of methoxy groups -OCH3 is 1. The largest absolute Gasteiger partial charge is 0.389 e. The number of anilines is 1. The Morgan fingerprint density at radius 3 is 2.94 bits per heavy atom. The summed E-state index contributed by atoms with van der Waals surface area (Å²) in [7, 11) is 1.71.